The Morgan fingerprint density at radius 2 is 2.18 bits per heavy atom. The quantitative estimate of drug-likeness (QED) is 0.556. The van der Waals surface area contributed by atoms with Crippen molar-refractivity contribution < 1.29 is 14.6 Å². The van der Waals surface area contributed by atoms with Crippen molar-refractivity contribution in [2.75, 3.05) is 7.11 Å². The fourth-order valence-corrected chi connectivity index (χ4v) is 2.15. The number of methoxy groups -OCH3 is 1. The van der Waals surface area contributed by atoms with Gasteiger partial charge in [-0.05, 0) is 24.7 Å². The molecule has 1 unspecified atom stereocenters. The highest BCUT2D eigenvalue weighted by molar-refractivity contribution is 5.77. The lowest BCUT2D eigenvalue weighted by atomic mass is 9.77. The van der Waals surface area contributed by atoms with Crippen LogP contribution in [0.3, 0.4) is 0 Å². The topological polar surface area (TPSA) is 46.5 Å². The SMILES string of the molecule is COC(=O)C1CC12CC(O)C2. The summed E-state index contributed by atoms with van der Waals surface area (Å²) < 4.78 is 4.62. The molecule has 0 aromatic heterocycles. The van der Waals surface area contributed by atoms with Crippen LogP contribution in [0.1, 0.15) is 19.3 Å². The first-order chi connectivity index (χ1) is 5.18. The fourth-order valence-electron chi connectivity index (χ4n) is 2.15. The molecular weight excluding hydrogens is 144 g/mol. The number of aliphatic hydroxyl groups excluding tert-OH is 1. The zero-order valence-electron chi connectivity index (χ0n) is 6.54. The van der Waals surface area contributed by atoms with Crippen LogP contribution < -0.4 is 0 Å². The molecule has 2 aliphatic carbocycles. The molecule has 11 heavy (non-hydrogen) atoms. The van der Waals surface area contributed by atoms with Gasteiger partial charge in [0.15, 0.2) is 0 Å². The van der Waals surface area contributed by atoms with Gasteiger partial charge in [0, 0.05) is 0 Å². The molecule has 1 N–H and O–H groups in total. The Balaban J connectivity index is 1.91. The Hall–Kier alpha value is -0.570. The highest BCUT2D eigenvalue weighted by Gasteiger charge is 2.64. The normalized spacial score (nSPS) is 46.7. The second-order valence-electron chi connectivity index (χ2n) is 3.70. The first kappa shape index (κ1) is 7.10. The number of rotatable bonds is 1. The number of ether oxygens (including phenoxy) is 1. The van der Waals surface area contributed by atoms with Gasteiger partial charge in [0.1, 0.15) is 0 Å². The largest absolute Gasteiger partial charge is 0.469 e. The molecule has 0 aromatic carbocycles. The molecule has 2 aliphatic rings. The minimum Gasteiger partial charge on any atom is -0.469 e. The van der Waals surface area contributed by atoms with Crippen LogP contribution in [0.4, 0.5) is 0 Å². The van der Waals surface area contributed by atoms with E-state index in [0.717, 1.165) is 19.3 Å². The maximum atomic E-state index is 11.0. The van der Waals surface area contributed by atoms with Crippen molar-refractivity contribution in [1.82, 2.24) is 0 Å². The van der Waals surface area contributed by atoms with Gasteiger partial charge in [0.2, 0.25) is 0 Å². The molecule has 1 spiro atoms. The summed E-state index contributed by atoms with van der Waals surface area (Å²) in [4.78, 5) is 11.0. The van der Waals surface area contributed by atoms with Crippen LogP contribution in [0.15, 0.2) is 0 Å². The van der Waals surface area contributed by atoms with E-state index >= 15 is 0 Å². The molecule has 0 aliphatic heterocycles. The molecule has 0 radical (unpaired) electrons. The van der Waals surface area contributed by atoms with Crippen LogP contribution in [0.2, 0.25) is 0 Å². The van der Waals surface area contributed by atoms with Gasteiger partial charge >= 0.3 is 5.97 Å². The molecule has 0 amide bonds. The Morgan fingerprint density at radius 3 is 2.64 bits per heavy atom. The minimum absolute atomic E-state index is 0.0934. The van der Waals surface area contributed by atoms with Crippen molar-refractivity contribution in [3.05, 3.63) is 0 Å². The van der Waals surface area contributed by atoms with E-state index in [1.807, 2.05) is 0 Å². The molecule has 0 aromatic rings. The first-order valence-electron chi connectivity index (χ1n) is 3.94. The van der Waals surface area contributed by atoms with Crippen molar-refractivity contribution in [2.24, 2.45) is 11.3 Å². The molecule has 62 valence electrons. The number of esters is 1. The summed E-state index contributed by atoms with van der Waals surface area (Å²) in [5.74, 6) is -0.00667. The van der Waals surface area contributed by atoms with Gasteiger partial charge in [-0.3, -0.25) is 4.79 Å². The van der Waals surface area contributed by atoms with Crippen molar-refractivity contribution in [3.63, 3.8) is 0 Å². The van der Waals surface area contributed by atoms with Crippen LogP contribution in [0.25, 0.3) is 0 Å². The molecular formula is C8H12O3. The molecule has 3 heteroatoms. The Bertz CT molecular complexity index is 194. The van der Waals surface area contributed by atoms with Crippen molar-refractivity contribution in [3.8, 4) is 0 Å². The lowest BCUT2D eigenvalue weighted by molar-refractivity contribution is -0.144. The maximum absolute atomic E-state index is 11.0. The maximum Gasteiger partial charge on any atom is 0.309 e. The summed E-state index contributed by atoms with van der Waals surface area (Å²) in [5.41, 5.74) is 0.159. The molecule has 0 heterocycles. The first-order valence-corrected chi connectivity index (χ1v) is 3.94. The number of hydrogen-bond acceptors (Lipinski definition) is 3. The molecule has 2 rings (SSSR count). The lowest BCUT2D eigenvalue weighted by Gasteiger charge is -2.32. The Kier molecular flexibility index (Phi) is 1.27. The van der Waals surface area contributed by atoms with Crippen LogP contribution in [-0.4, -0.2) is 24.3 Å². The van der Waals surface area contributed by atoms with Gasteiger partial charge < -0.3 is 9.84 Å². The summed E-state index contributed by atoms with van der Waals surface area (Å²) >= 11 is 0. The highest BCUT2D eigenvalue weighted by Crippen LogP contribution is 2.65. The van der Waals surface area contributed by atoms with E-state index in [9.17, 15) is 4.79 Å². The van der Waals surface area contributed by atoms with Gasteiger partial charge in [0.25, 0.3) is 0 Å². The van der Waals surface area contributed by atoms with Gasteiger partial charge in [-0.25, -0.2) is 0 Å². The van der Waals surface area contributed by atoms with E-state index in [0.29, 0.717) is 0 Å². The summed E-state index contributed by atoms with van der Waals surface area (Å²) in [6.07, 6.45) is 2.36. The van der Waals surface area contributed by atoms with E-state index in [1.165, 1.54) is 7.11 Å². The average molecular weight is 156 g/mol. The second kappa shape index (κ2) is 1.97. The molecule has 2 fully saturated rings. The molecule has 0 saturated heterocycles. The van der Waals surface area contributed by atoms with Crippen molar-refractivity contribution >= 4 is 5.97 Å². The number of carbonyl (C=O) groups is 1. The second-order valence-corrected chi connectivity index (χ2v) is 3.70. The lowest BCUT2D eigenvalue weighted by Crippen LogP contribution is -2.33. The number of aliphatic hydroxyl groups is 1. The van der Waals surface area contributed by atoms with Gasteiger partial charge in [-0.1, -0.05) is 0 Å². The molecule has 2 saturated carbocycles. The van der Waals surface area contributed by atoms with E-state index < -0.39 is 0 Å². The molecule has 0 bridgehead atoms. The summed E-state index contributed by atoms with van der Waals surface area (Å²) in [7, 11) is 1.42. The monoisotopic (exact) mass is 156 g/mol. The summed E-state index contributed by atoms with van der Waals surface area (Å²) in [5, 5.41) is 9.04. The minimum atomic E-state index is -0.162. The van der Waals surface area contributed by atoms with Gasteiger partial charge in [0.05, 0.1) is 19.1 Å². The highest BCUT2D eigenvalue weighted by atomic mass is 16.5. The van der Waals surface area contributed by atoms with E-state index in [4.69, 9.17) is 5.11 Å². The van der Waals surface area contributed by atoms with Crippen molar-refractivity contribution in [1.29, 1.82) is 0 Å². The standard InChI is InChI=1S/C8H12O3/c1-11-7(10)6-4-8(6)2-5(9)3-8/h5-6,9H,2-4H2,1H3. The third-order valence-electron chi connectivity index (χ3n) is 2.96. The Morgan fingerprint density at radius 1 is 1.55 bits per heavy atom. The van der Waals surface area contributed by atoms with Crippen molar-refractivity contribution in [2.45, 2.75) is 25.4 Å². The van der Waals surface area contributed by atoms with Crippen LogP contribution in [0, 0.1) is 11.3 Å². The summed E-state index contributed by atoms with van der Waals surface area (Å²) in [6.45, 7) is 0. The Labute approximate surface area is 65.4 Å². The van der Waals surface area contributed by atoms with Gasteiger partial charge in [-0.2, -0.15) is 0 Å². The van der Waals surface area contributed by atoms with E-state index in [1.54, 1.807) is 0 Å². The van der Waals surface area contributed by atoms with Gasteiger partial charge in [-0.15, -0.1) is 0 Å². The van der Waals surface area contributed by atoms with Crippen LogP contribution >= 0.6 is 0 Å². The van der Waals surface area contributed by atoms with E-state index in [2.05, 4.69) is 4.74 Å². The number of hydrogen-bond donors (Lipinski definition) is 1. The number of carbonyl (C=O) groups excluding carboxylic acids is 1. The fraction of sp³-hybridized carbons (Fsp3) is 0.875. The third-order valence-corrected chi connectivity index (χ3v) is 2.96. The zero-order valence-corrected chi connectivity index (χ0v) is 6.54. The smallest absolute Gasteiger partial charge is 0.309 e. The summed E-state index contributed by atoms with van der Waals surface area (Å²) in [6, 6.07) is 0. The van der Waals surface area contributed by atoms with Crippen LogP contribution in [0.5, 0.6) is 0 Å². The van der Waals surface area contributed by atoms with E-state index in [-0.39, 0.29) is 23.4 Å². The predicted octanol–water partition coefficient (Wildman–Crippen LogP) is 0.320. The average Bonchev–Trinajstić information content (AvgIpc) is 2.61. The molecule has 1 atom stereocenters. The third kappa shape index (κ3) is 0.872. The predicted molar refractivity (Wildman–Crippen MR) is 37.8 cm³/mol. The van der Waals surface area contributed by atoms with Crippen LogP contribution in [-0.2, 0) is 9.53 Å². The zero-order chi connectivity index (χ0) is 8.06. The molecule has 3 nitrogen and oxygen atoms in total.